The second-order valence-electron chi connectivity index (χ2n) is 3.44. The minimum absolute atomic E-state index is 0.110. The molecule has 1 aromatic carbocycles. The van der Waals surface area contributed by atoms with Crippen molar-refractivity contribution >= 4 is 22.2 Å². The summed E-state index contributed by atoms with van der Waals surface area (Å²) in [6.07, 6.45) is 2.02. The van der Waals surface area contributed by atoms with Gasteiger partial charge in [-0.05, 0) is 40.4 Å². The van der Waals surface area contributed by atoms with Crippen LogP contribution in [0.25, 0.3) is 0 Å². The van der Waals surface area contributed by atoms with E-state index in [9.17, 15) is 4.79 Å². The number of aryl methyl sites for hydroxylation is 1. The smallest absolute Gasteiger partial charge is 0.172 e. The van der Waals surface area contributed by atoms with Crippen LogP contribution in [0.3, 0.4) is 0 Å². The van der Waals surface area contributed by atoms with Crippen molar-refractivity contribution < 1.29 is 19.4 Å². The van der Waals surface area contributed by atoms with Crippen molar-refractivity contribution in [1.82, 2.24) is 0 Å². The van der Waals surface area contributed by atoms with Gasteiger partial charge in [-0.1, -0.05) is 0 Å². The van der Waals surface area contributed by atoms with Crippen molar-refractivity contribution in [2.24, 2.45) is 0 Å². The van der Waals surface area contributed by atoms with E-state index in [4.69, 9.17) is 14.6 Å². The molecule has 1 N–H and O–H groups in total. The van der Waals surface area contributed by atoms with Crippen LogP contribution in [0.2, 0.25) is 0 Å². The number of rotatable bonds is 6. The van der Waals surface area contributed by atoms with Crippen LogP contribution in [-0.4, -0.2) is 32.2 Å². The van der Waals surface area contributed by atoms with Gasteiger partial charge in [0.25, 0.3) is 0 Å². The Balaban J connectivity index is 3.31. The van der Waals surface area contributed by atoms with Gasteiger partial charge in [-0.25, -0.2) is 0 Å². The first-order valence-corrected chi connectivity index (χ1v) is 5.98. The number of carbonyl (C=O) groups excluding carboxylic acids is 1. The number of aliphatic hydroxyl groups excluding tert-OH is 1. The van der Waals surface area contributed by atoms with Gasteiger partial charge in [0.2, 0.25) is 0 Å². The number of halogens is 1. The van der Waals surface area contributed by atoms with Crippen LogP contribution in [-0.2, 0) is 6.42 Å². The average Bonchev–Trinajstić information content (AvgIpc) is 2.35. The Hall–Kier alpha value is -1.07. The van der Waals surface area contributed by atoms with E-state index in [0.29, 0.717) is 34.4 Å². The van der Waals surface area contributed by atoms with E-state index in [1.54, 1.807) is 0 Å². The Kier molecular flexibility index (Phi) is 5.44. The maximum absolute atomic E-state index is 11.0. The van der Waals surface area contributed by atoms with Crippen LogP contribution in [0.4, 0.5) is 0 Å². The molecule has 0 heterocycles. The molecule has 0 bridgehead atoms. The van der Waals surface area contributed by atoms with Gasteiger partial charge < -0.3 is 14.6 Å². The highest BCUT2D eigenvalue weighted by atomic mass is 79.9. The Morgan fingerprint density at radius 2 is 2.00 bits per heavy atom. The first kappa shape index (κ1) is 14.0. The zero-order chi connectivity index (χ0) is 12.8. The molecule has 0 spiro atoms. The molecule has 0 atom stereocenters. The molecule has 4 nitrogen and oxygen atoms in total. The summed E-state index contributed by atoms with van der Waals surface area (Å²) in [5.74, 6) is 0.969. The molecule has 0 saturated carbocycles. The fourth-order valence-corrected chi connectivity index (χ4v) is 2.21. The molecule has 0 amide bonds. The monoisotopic (exact) mass is 302 g/mol. The van der Waals surface area contributed by atoms with Crippen molar-refractivity contribution in [3.05, 3.63) is 21.7 Å². The van der Waals surface area contributed by atoms with Crippen molar-refractivity contribution in [1.29, 1.82) is 0 Å². The number of ether oxygens (including phenoxy) is 2. The second kappa shape index (κ2) is 6.61. The van der Waals surface area contributed by atoms with Crippen molar-refractivity contribution in [3.63, 3.8) is 0 Å². The Bertz CT molecular complexity index is 404. The number of aliphatic hydroxyl groups is 1. The van der Waals surface area contributed by atoms with Crippen LogP contribution in [0.15, 0.2) is 10.5 Å². The highest BCUT2D eigenvalue weighted by Gasteiger charge is 2.17. The van der Waals surface area contributed by atoms with Gasteiger partial charge in [0.1, 0.15) is 0 Å². The number of carbonyl (C=O) groups is 1. The number of methoxy groups -OCH3 is 2. The normalized spacial score (nSPS) is 10.1. The minimum atomic E-state index is 0.110. The maximum Gasteiger partial charge on any atom is 0.172 e. The summed E-state index contributed by atoms with van der Waals surface area (Å²) in [5, 5.41) is 8.85. The topological polar surface area (TPSA) is 55.8 Å². The van der Waals surface area contributed by atoms with Gasteiger partial charge in [-0.15, -0.1) is 0 Å². The van der Waals surface area contributed by atoms with Gasteiger partial charge in [0.15, 0.2) is 17.8 Å². The van der Waals surface area contributed by atoms with E-state index in [1.165, 1.54) is 14.2 Å². The standard InChI is InChI=1S/C12H15BrO4/c1-16-11-8(4-3-5-14)6-10(13)9(7-15)12(11)17-2/h6-7,14H,3-5H2,1-2H3. The second-order valence-corrected chi connectivity index (χ2v) is 4.30. The van der Waals surface area contributed by atoms with Crippen molar-refractivity contribution in [2.75, 3.05) is 20.8 Å². The Labute approximate surface area is 109 Å². The van der Waals surface area contributed by atoms with Gasteiger partial charge in [-0.2, -0.15) is 0 Å². The molecule has 0 aliphatic carbocycles. The third-order valence-electron chi connectivity index (χ3n) is 2.43. The Morgan fingerprint density at radius 1 is 1.35 bits per heavy atom. The predicted octanol–water partition coefficient (Wildman–Crippen LogP) is 2.20. The van der Waals surface area contributed by atoms with Crippen LogP contribution in [0.1, 0.15) is 22.3 Å². The van der Waals surface area contributed by atoms with Crippen molar-refractivity contribution in [3.8, 4) is 11.5 Å². The minimum Gasteiger partial charge on any atom is -0.493 e. The van der Waals surface area contributed by atoms with Gasteiger partial charge in [0.05, 0.1) is 19.8 Å². The lowest BCUT2D eigenvalue weighted by Crippen LogP contribution is -2.01. The van der Waals surface area contributed by atoms with Crippen molar-refractivity contribution in [2.45, 2.75) is 12.8 Å². The molecule has 0 radical (unpaired) electrons. The molecule has 0 aliphatic heterocycles. The SMILES string of the molecule is COc1c(CCCO)cc(Br)c(C=O)c1OC. The zero-order valence-corrected chi connectivity index (χ0v) is 11.4. The van der Waals surface area contributed by atoms with E-state index in [0.717, 1.165) is 11.8 Å². The molecule has 5 heteroatoms. The van der Waals surface area contributed by atoms with E-state index >= 15 is 0 Å². The highest BCUT2D eigenvalue weighted by Crippen LogP contribution is 2.39. The summed E-state index contributed by atoms with van der Waals surface area (Å²) in [5.41, 5.74) is 1.33. The molecule has 94 valence electrons. The summed E-state index contributed by atoms with van der Waals surface area (Å²) >= 11 is 3.32. The molecule has 0 fully saturated rings. The number of benzene rings is 1. The fourth-order valence-electron chi connectivity index (χ4n) is 1.66. The third-order valence-corrected chi connectivity index (χ3v) is 3.09. The van der Waals surface area contributed by atoms with Crippen LogP contribution in [0.5, 0.6) is 11.5 Å². The van der Waals surface area contributed by atoms with Gasteiger partial charge >= 0.3 is 0 Å². The summed E-state index contributed by atoms with van der Waals surface area (Å²) < 4.78 is 11.2. The molecule has 17 heavy (non-hydrogen) atoms. The highest BCUT2D eigenvalue weighted by molar-refractivity contribution is 9.10. The van der Waals surface area contributed by atoms with Gasteiger partial charge in [-0.3, -0.25) is 4.79 Å². The molecular formula is C12H15BrO4. The van der Waals surface area contributed by atoms with E-state index in [1.807, 2.05) is 6.07 Å². The fraction of sp³-hybridized carbons (Fsp3) is 0.417. The molecule has 1 rings (SSSR count). The molecule has 0 saturated heterocycles. The van der Waals surface area contributed by atoms with Gasteiger partial charge in [0, 0.05) is 11.1 Å². The quantitative estimate of drug-likeness (QED) is 0.819. The number of hydrogen-bond donors (Lipinski definition) is 1. The van der Waals surface area contributed by atoms with Crippen LogP contribution < -0.4 is 9.47 Å². The van der Waals surface area contributed by atoms with Crippen LogP contribution >= 0.6 is 15.9 Å². The van der Waals surface area contributed by atoms with E-state index < -0.39 is 0 Å². The number of aldehydes is 1. The summed E-state index contributed by atoms with van der Waals surface area (Å²) in [6, 6.07) is 1.82. The first-order chi connectivity index (χ1) is 8.19. The zero-order valence-electron chi connectivity index (χ0n) is 9.83. The molecule has 0 unspecified atom stereocenters. The van der Waals surface area contributed by atoms with E-state index in [2.05, 4.69) is 15.9 Å². The molecule has 0 aromatic heterocycles. The summed E-state index contributed by atoms with van der Waals surface area (Å²) in [7, 11) is 3.02. The molecular weight excluding hydrogens is 288 g/mol. The van der Waals surface area contributed by atoms with Crippen LogP contribution in [0, 0.1) is 0 Å². The molecule has 1 aromatic rings. The predicted molar refractivity (Wildman–Crippen MR) is 68.0 cm³/mol. The summed E-state index contributed by atoms with van der Waals surface area (Å²) in [4.78, 5) is 11.0. The Morgan fingerprint density at radius 3 is 2.47 bits per heavy atom. The largest absolute Gasteiger partial charge is 0.493 e. The maximum atomic E-state index is 11.0. The van der Waals surface area contributed by atoms with E-state index in [-0.39, 0.29) is 6.61 Å². The lowest BCUT2D eigenvalue weighted by atomic mass is 10.0. The first-order valence-electron chi connectivity index (χ1n) is 5.19. The average molecular weight is 303 g/mol. The summed E-state index contributed by atoms with van der Waals surface area (Å²) in [6.45, 7) is 0.110. The third kappa shape index (κ3) is 2.98. The lowest BCUT2D eigenvalue weighted by molar-refractivity contribution is 0.111. The lowest BCUT2D eigenvalue weighted by Gasteiger charge is -2.15. The molecule has 0 aliphatic rings. The number of hydrogen-bond acceptors (Lipinski definition) is 4.